The van der Waals surface area contributed by atoms with E-state index in [4.69, 9.17) is 5.73 Å². The fraction of sp³-hybridized carbons (Fsp3) is 0.381. The Morgan fingerprint density at radius 2 is 1.88 bits per heavy atom. The van der Waals surface area contributed by atoms with Gasteiger partial charge in [-0.2, -0.15) is 0 Å². The summed E-state index contributed by atoms with van der Waals surface area (Å²) in [4.78, 5) is 17.1. The molecule has 0 aromatic heterocycles. The molecule has 25 heavy (non-hydrogen) atoms. The number of anilines is 1. The van der Waals surface area contributed by atoms with Crippen molar-refractivity contribution >= 4 is 11.6 Å². The van der Waals surface area contributed by atoms with Crippen LogP contribution in [0.15, 0.2) is 54.6 Å². The quantitative estimate of drug-likeness (QED) is 0.853. The molecule has 1 saturated heterocycles. The molecule has 1 fully saturated rings. The molecule has 2 N–H and O–H groups in total. The third-order valence-corrected chi connectivity index (χ3v) is 5.06. The zero-order valence-corrected chi connectivity index (χ0v) is 14.9. The van der Waals surface area contributed by atoms with Gasteiger partial charge in [-0.1, -0.05) is 30.3 Å². The Morgan fingerprint density at radius 3 is 2.60 bits per heavy atom. The summed E-state index contributed by atoms with van der Waals surface area (Å²) < 4.78 is 0. The minimum atomic E-state index is 0.112. The van der Waals surface area contributed by atoms with Gasteiger partial charge in [0.05, 0.1) is 0 Å². The zero-order chi connectivity index (χ0) is 17.6. The third kappa shape index (κ3) is 4.60. The first-order chi connectivity index (χ1) is 12.1. The van der Waals surface area contributed by atoms with E-state index in [-0.39, 0.29) is 5.91 Å². The Balaban J connectivity index is 1.56. The van der Waals surface area contributed by atoms with E-state index in [2.05, 4.69) is 42.3 Å². The molecule has 1 unspecified atom stereocenters. The van der Waals surface area contributed by atoms with E-state index in [0.29, 0.717) is 11.7 Å². The lowest BCUT2D eigenvalue weighted by Crippen LogP contribution is -2.49. The van der Waals surface area contributed by atoms with Crippen LogP contribution in [0.4, 0.5) is 5.69 Å². The molecule has 0 aliphatic carbocycles. The lowest BCUT2D eigenvalue weighted by molar-refractivity contribution is 0.0611. The van der Waals surface area contributed by atoms with E-state index in [0.717, 1.165) is 44.5 Å². The van der Waals surface area contributed by atoms with Crippen LogP contribution in [0.2, 0.25) is 0 Å². The van der Waals surface area contributed by atoms with Crippen molar-refractivity contribution in [3.63, 3.8) is 0 Å². The van der Waals surface area contributed by atoms with Gasteiger partial charge in [-0.05, 0) is 56.1 Å². The molecule has 1 aliphatic rings. The van der Waals surface area contributed by atoms with E-state index in [1.165, 1.54) is 5.56 Å². The SMILES string of the molecule is CN(CCc1ccccc1)C1CCCN(C(=O)c2ccc(N)cc2)C1. The fourth-order valence-electron chi connectivity index (χ4n) is 3.44. The minimum absolute atomic E-state index is 0.112. The molecule has 2 aromatic carbocycles. The fourth-order valence-corrected chi connectivity index (χ4v) is 3.44. The summed E-state index contributed by atoms with van der Waals surface area (Å²) in [6.07, 6.45) is 3.25. The maximum absolute atomic E-state index is 12.7. The number of nitrogen functional groups attached to an aromatic ring is 1. The molecule has 4 nitrogen and oxygen atoms in total. The van der Waals surface area contributed by atoms with Crippen LogP contribution >= 0.6 is 0 Å². The van der Waals surface area contributed by atoms with E-state index < -0.39 is 0 Å². The van der Waals surface area contributed by atoms with Crippen LogP contribution in [0.3, 0.4) is 0 Å². The summed E-state index contributed by atoms with van der Waals surface area (Å²) in [5, 5.41) is 0. The maximum atomic E-state index is 12.7. The molecule has 2 aromatic rings. The van der Waals surface area contributed by atoms with E-state index in [1.54, 1.807) is 12.1 Å². The maximum Gasteiger partial charge on any atom is 0.253 e. The van der Waals surface area contributed by atoms with Crippen molar-refractivity contribution in [3.8, 4) is 0 Å². The Kier molecular flexibility index (Phi) is 5.71. The van der Waals surface area contributed by atoms with Crippen molar-refractivity contribution in [1.82, 2.24) is 9.80 Å². The van der Waals surface area contributed by atoms with Gasteiger partial charge in [0.2, 0.25) is 0 Å². The molecular weight excluding hydrogens is 310 g/mol. The van der Waals surface area contributed by atoms with Gasteiger partial charge >= 0.3 is 0 Å². The largest absolute Gasteiger partial charge is 0.399 e. The average molecular weight is 337 g/mol. The van der Waals surface area contributed by atoms with Crippen LogP contribution in [-0.2, 0) is 6.42 Å². The Hall–Kier alpha value is -2.33. The number of carbonyl (C=O) groups is 1. The molecule has 1 aliphatic heterocycles. The van der Waals surface area contributed by atoms with Crippen molar-refractivity contribution < 1.29 is 4.79 Å². The summed E-state index contributed by atoms with van der Waals surface area (Å²) in [6.45, 7) is 2.65. The summed E-state index contributed by atoms with van der Waals surface area (Å²) >= 11 is 0. The Labute approximate surface area is 150 Å². The predicted molar refractivity (Wildman–Crippen MR) is 103 cm³/mol. The number of amides is 1. The Bertz CT molecular complexity index is 684. The minimum Gasteiger partial charge on any atom is -0.399 e. The molecule has 132 valence electrons. The first-order valence-electron chi connectivity index (χ1n) is 9.02. The lowest BCUT2D eigenvalue weighted by atomic mass is 10.0. The third-order valence-electron chi connectivity index (χ3n) is 5.06. The van der Waals surface area contributed by atoms with Crippen LogP contribution in [0.25, 0.3) is 0 Å². The Morgan fingerprint density at radius 1 is 1.16 bits per heavy atom. The second-order valence-electron chi connectivity index (χ2n) is 6.89. The number of nitrogens with two attached hydrogens (primary N) is 1. The second kappa shape index (κ2) is 8.17. The topological polar surface area (TPSA) is 49.6 Å². The number of carbonyl (C=O) groups excluding carboxylic acids is 1. The molecule has 4 heteroatoms. The molecule has 0 saturated carbocycles. The van der Waals surface area contributed by atoms with Crippen molar-refractivity contribution in [3.05, 3.63) is 65.7 Å². The van der Waals surface area contributed by atoms with Crippen molar-refractivity contribution in [2.24, 2.45) is 0 Å². The monoisotopic (exact) mass is 337 g/mol. The van der Waals surface area contributed by atoms with Crippen LogP contribution in [-0.4, -0.2) is 48.4 Å². The lowest BCUT2D eigenvalue weighted by Gasteiger charge is -2.37. The summed E-state index contributed by atoms with van der Waals surface area (Å²) in [6, 6.07) is 18.2. The van der Waals surface area contributed by atoms with Crippen molar-refractivity contribution in [1.29, 1.82) is 0 Å². The molecule has 0 radical (unpaired) electrons. The summed E-state index contributed by atoms with van der Waals surface area (Å²) in [7, 11) is 2.17. The second-order valence-corrected chi connectivity index (χ2v) is 6.89. The van der Waals surface area contributed by atoms with Crippen molar-refractivity contribution in [2.45, 2.75) is 25.3 Å². The van der Waals surface area contributed by atoms with E-state index >= 15 is 0 Å². The van der Waals surface area contributed by atoms with Crippen LogP contribution in [0.1, 0.15) is 28.8 Å². The molecule has 1 atom stereocenters. The molecule has 1 heterocycles. The van der Waals surface area contributed by atoms with Gasteiger partial charge in [0, 0.05) is 36.9 Å². The molecule has 0 spiro atoms. The number of nitrogens with zero attached hydrogens (tertiary/aromatic N) is 2. The van der Waals surface area contributed by atoms with E-state index in [1.807, 2.05) is 17.0 Å². The van der Waals surface area contributed by atoms with Gasteiger partial charge in [-0.15, -0.1) is 0 Å². The summed E-state index contributed by atoms with van der Waals surface area (Å²) in [5.41, 5.74) is 8.49. The normalized spacial score (nSPS) is 17.7. The standard InChI is InChI=1S/C21H27N3O/c1-23(15-13-17-6-3-2-4-7-17)20-8-5-14-24(16-20)21(25)18-9-11-19(22)12-10-18/h2-4,6-7,9-12,20H,5,8,13-16,22H2,1H3. The number of likely N-dealkylation sites (N-methyl/N-ethyl adjacent to an activating group) is 1. The van der Waals surface area contributed by atoms with Gasteiger partial charge in [0.1, 0.15) is 0 Å². The molecule has 0 bridgehead atoms. The number of likely N-dealkylation sites (tertiary alicyclic amines) is 1. The van der Waals surface area contributed by atoms with Gasteiger partial charge in [-0.3, -0.25) is 4.79 Å². The number of benzene rings is 2. The highest BCUT2D eigenvalue weighted by Crippen LogP contribution is 2.18. The smallest absolute Gasteiger partial charge is 0.253 e. The number of hydrogen-bond acceptors (Lipinski definition) is 3. The number of rotatable bonds is 5. The summed E-state index contributed by atoms with van der Waals surface area (Å²) in [5.74, 6) is 0.112. The van der Waals surface area contributed by atoms with Gasteiger partial charge in [0.15, 0.2) is 0 Å². The highest BCUT2D eigenvalue weighted by atomic mass is 16.2. The van der Waals surface area contributed by atoms with Gasteiger partial charge < -0.3 is 15.5 Å². The molecule has 3 rings (SSSR count). The number of hydrogen-bond donors (Lipinski definition) is 1. The van der Waals surface area contributed by atoms with Gasteiger partial charge in [-0.25, -0.2) is 0 Å². The highest BCUT2D eigenvalue weighted by molar-refractivity contribution is 5.94. The van der Waals surface area contributed by atoms with Crippen LogP contribution in [0, 0.1) is 0 Å². The first kappa shape index (κ1) is 17.5. The van der Waals surface area contributed by atoms with Crippen molar-refractivity contribution in [2.75, 3.05) is 32.4 Å². The first-order valence-corrected chi connectivity index (χ1v) is 9.02. The van der Waals surface area contributed by atoms with Crippen LogP contribution < -0.4 is 5.73 Å². The number of piperidine rings is 1. The van der Waals surface area contributed by atoms with E-state index in [9.17, 15) is 4.79 Å². The average Bonchev–Trinajstić information content (AvgIpc) is 2.67. The van der Waals surface area contributed by atoms with Crippen LogP contribution in [0.5, 0.6) is 0 Å². The predicted octanol–water partition coefficient (Wildman–Crippen LogP) is 3.05. The molecule has 1 amide bonds. The highest BCUT2D eigenvalue weighted by Gasteiger charge is 2.26. The zero-order valence-electron chi connectivity index (χ0n) is 14.9. The molecular formula is C21H27N3O. The van der Waals surface area contributed by atoms with Gasteiger partial charge in [0.25, 0.3) is 5.91 Å².